The lowest BCUT2D eigenvalue weighted by Gasteiger charge is -2.17. The van der Waals surface area contributed by atoms with Crippen LogP contribution < -0.4 is 10.6 Å². The molecule has 32 heavy (non-hydrogen) atoms. The van der Waals surface area contributed by atoms with E-state index in [1.807, 2.05) is 24.3 Å². The number of benzene rings is 1. The van der Waals surface area contributed by atoms with Gasteiger partial charge in [0.2, 0.25) is 5.91 Å². The van der Waals surface area contributed by atoms with E-state index in [1.165, 1.54) is 0 Å². The van der Waals surface area contributed by atoms with Gasteiger partial charge in [-0.25, -0.2) is 4.98 Å². The predicted molar refractivity (Wildman–Crippen MR) is 114 cm³/mol. The van der Waals surface area contributed by atoms with E-state index in [0.29, 0.717) is 24.5 Å². The molecule has 3 aromatic rings. The molecule has 5 rings (SSSR count). The highest BCUT2D eigenvalue weighted by Crippen LogP contribution is 2.36. The van der Waals surface area contributed by atoms with E-state index >= 15 is 0 Å². The molecule has 3 amide bonds. The number of carbonyl (C=O) groups excluding carboxylic acids is 3. The third-order valence-electron chi connectivity index (χ3n) is 5.73. The Balaban J connectivity index is 1.44. The van der Waals surface area contributed by atoms with Crippen LogP contribution >= 0.6 is 0 Å². The number of fused-ring (bicyclic) bond motifs is 1. The molecule has 1 saturated heterocycles. The third kappa shape index (κ3) is 3.03. The second kappa shape index (κ2) is 7.26. The number of nitrogen functional groups attached to an aromatic ring is 1. The largest absolute Gasteiger partial charge is 0.396 e. The number of aromatic nitrogens is 3. The molecule has 10 heteroatoms. The van der Waals surface area contributed by atoms with Gasteiger partial charge in [-0.2, -0.15) is 4.98 Å². The highest BCUT2D eigenvalue weighted by atomic mass is 16.5. The molecule has 0 atom stereocenters. The quantitative estimate of drug-likeness (QED) is 0.620. The molecule has 2 aliphatic rings. The first kappa shape index (κ1) is 19.9. The topological polar surface area (TPSA) is 136 Å². The van der Waals surface area contributed by atoms with Crippen LogP contribution in [0.25, 0.3) is 11.6 Å². The van der Waals surface area contributed by atoms with Gasteiger partial charge in [-0.3, -0.25) is 19.3 Å². The highest BCUT2D eigenvalue weighted by molar-refractivity contribution is 6.24. The van der Waals surface area contributed by atoms with E-state index < -0.39 is 11.8 Å². The molecule has 2 aliphatic heterocycles. The number of rotatable bonds is 4. The number of amides is 3. The van der Waals surface area contributed by atoms with Gasteiger partial charge < -0.3 is 15.2 Å². The summed E-state index contributed by atoms with van der Waals surface area (Å²) in [6.45, 7) is 4.07. The number of pyridine rings is 1. The van der Waals surface area contributed by atoms with Crippen molar-refractivity contribution in [1.82, 2.24) is 20.0 Å². The Morgan fingerprint density at radius 3 is 2.38 bits per heavy atom. The fraction of sp³-hybridized carbons (Fsp3) is 0.273. The van der Waals surface area contributed by atoms with Crippen molar-refractivity contribution in [1.29, 1.82) is 0 Å². The Bertz CT molecular complexity index is 1280. The molecule has 0 saturated carbocycles. The van der Waals surface area contributed by atoms with Crippen LogP contribution in [-0.4, -0.2) is 44.3 Å². The van der Waals surface area contributed by atoms with E-state index in [-0.39, 0.29) is 40.9 Å². The fourth-order valence-corrected chi connectivity index (χ4v) is 4.15. The molecule has 2 aromatic heterocycles. The zero-order valence-corrected chi connectivity index (χ0v) is 17.6. The Morgan fingerprint density at radius 2 is 1.75 bits per heavy atom. The Hall–Kier alpha value is -4.08. The first-order chi connectivity index (χ1) is 15.3. The SMILES string of the molecule is Cc1noc(-c2nc(C)c3c(c2N)C(=O)N(Cc2ccc(N4CCCC4=O)cc2)C3=O)n1. The molecular weight excluding hydrogens is 412 g/mol. The molecule has 162 valence electrons. The van der Waals surface area contributed by atoms with Crippen molar-refractivity contribution in [2.24, 2.45) is 0 Å². The minimum atomic E-state index is -0.496. The maximum Gasteiger partial charge on any atom is 0.278 e. The first-order valence-corrected chi connectivity index (χ1v) is 10.2. The second-order valence-corrected chi connectivity index (χ2v) is 7.87. The van der Waals surface area contributed by atoms with Crippen LogP contribution in [0.3, 0.4) is 0 Å². The van der Waals surface area contributed by atoms with E-state index in [1.54, 1.807) is 18.7 Å². The summed E-state index contributed by atoms with van der Waals surface area (Å²) < 4.78 is 5.15. The lowest BCUT2D eigenvalue weighted by molar-refractivity contribution is -0.117. The summed E-state index contributed by atoms with van der Waals surface area (Å²) in [4.78, 5) is 49.5. The van der Waals surface area contributed by atoms with Crippen molar-refractivity contribution in [2.45, 2.75) is 33.2 Å². The summed E-state index contributed by atoms with van der Waals surface area (Å²) in [5.41, 5.74) is 8.67. The molecule has 4 heterocycles. The van der Waals surface area contributed by atoms with Crippen LogP contribution in [0.15, 0.2) is 28.8 Å². The summed E-state index contributed by atoms with van der Waals surface area (Å²) in [7, 11) is 0. The molecule has 10 nitrogen and oxygen atoms in total. The molecule has 0 aliphatic carbocycles. The summed E-state index contributed by atoms with van der Waals surface area (Å²) in [6, 6.07) is 7.28. The maximum atomic E-state index is 13.2. The van der Waals surface area contributed by atoms with Gasteiger partial charge >= 0.3 is 0 Å². The molecule has 0 spiro atoms. The average molecular weight is 432 g/mol. The Labute approximate surface area is 183 Å². The van der Waals surface area contributed by atoms with Crippen molar-refractivity contribution in [3.63, 3.8) is 0 Å². The summed E-state index contributed by atoms with van der Waals surface area (Å²) in [5.74, 6) is -0.346. The number of hydrogen-bond acceptors (Lipinski definition) is 8. The highest BCUT2D eigenvalue weighted by Gasteiger charge is 2.40. The zero-order valence-electron chi connectivity index (χ0n) is 17.6. The summed E-state index contributed by atoms with van der Waals surface area (Å²) >= 11 is 0. The number of nitrogens with zero attached hydrogens (tertiary/aromatic N) is 5. The lowest BCUT2D eigenvalue weighted by atomic mass is 10.0. The Kier molecular flexibility index (Phi) is 4.50. The van der Waals surface area contributed by atoms with Crippen LogP contribution in [0.5, 0.6) is 0 Å². The van der Waals surface area contributed by atoms with Gasteiger partial charge in [0.15, 0.2) is 11.5 Å². The van der Waals surface area contributed by atoms with Gasteiger partial charge in [0, 0.05) is 18.7 Å². The number of imide groups is 1. The Morgan fingerprint density at radius 1 is 1.03 bits per heavy atom. The van der Waals surface area contributed by atoms with E-state index in [9.17, 15) is 14.4 Å². The molecule has 1 fully saturated rings. The van der Waals surface area contributed by atoms with Crippen molar-refractivity contribution in [3.8, 4) is 11.6 Å². The normalized spacial score (nSPS) is 15.8. The van der Waals surface area contributed by atoms with Crippen LogP contribution in [0.2, 0.25) is 0 Å². The monoisotopic (exact) mass is 432 g/mol. The van der Waals surface area contributed by atoms with Gasteiger partial charge in [-0.15, -0.1) is 0 Å². The van der Waals surface area contributed by atoms with E-state index in [4.69, 9.17) is 10.3 Å². The number of anilines is 2. The van der Waals surface area contributed by atoms with Crippen molar-refractivity contribution < 1.29 is 18.9 Å². The number of aryl methyl sites for hydroxylation is 2. The number of carbonyl (C=O) groups is 3. The second-order valence-electron chi connectivity index (χ2n) is 7.87. The lowest BCUT2D eigenvalue weighted by Crippen LogP contribution is -2.29. The summed E-state index contributed by atoms with van der Waals surface area (Å²) in [5, 5.41) is 3.73. The van der Waals surface area contributed by atoms with Crippen molar-refractivity contribution >= 4 is 29.1 Å². The van der Waals surface area contributed by atoms with Crippen molar-refractivity contribution in [3.05, 3.63) is 52.5 Å². The molecule has 0 radical (unpaired) electrons. The van der Waals surface area contributed by atoms with Crippen molar-refractivity contribution in [2.75, 3.05) is 17.2 Å². The van der Waals surface area contributed by atoms with Gasteiger partial charge in [0.05, 0.1) is 29.1 Å². The van der Waals surface area contributed by atoms with E-state index in [2.05, 4.69) is 15.1 Å². The smallest absolute Gasteiger partial charge is 0.278 e. The molecular formula is C22H20N6O4. The van der Waals surface area contributed by atoms with Gasteiger partial charge in [-0.05, 0) is 38.0 Å². The van der Waals surface area contributed by atoms with Crippen LogP contribution in [-0.2, 0) is 11.3 Å². The first-order valence-electron chi connectivity index (χ1n) is 10.2. The van der Waals surface area contributed by atoms with E-state index in [0.717, 1.165) is 22.6 Å². The zero-order chi connectivity index (χ0) is 22.6. The molecule has 1 aromatic carbocycles. The van der Waals surface area contributed by atoms with Gasteiger partial charge in [-0.1, -0.05) is 17.3 Å². The minimum absolute atomic E-state index is 0.0398. The van der Waals surface area contributed by atoms with Crippen LogP contribution in [0, 0.1) is 13.8 Å². The molecule has 2 N–H and O–H groups in total. The van der Waals surface area contributed by atoms with Crippen LogP contribution in [0.4, 0.5) is 11.4 Å². The van der Waals surface area contributed by atoms with Gasteiger partial charge in [0.1, 0.15) is 0 Å². The molecule has 0 bridgehead atoms. The summed E-state index contributed by atoms with van der Waals surface area (Å²) in [6.07, 6.45) is 1.40. The van der Waals surface area contributed by atoms with Crippen LogP contribution in [0.1, 0.15) is 50.6 Å². The fourth-order valence-electron chi connectivity index (χ4n) is 4.15. The number of hydrogen-bond donors (Lipinski definition) is 1. The minimum Gasteiger partial charge on any atom is -0.396 e. The standard InChI is InChI=1S/C22H20N6O4/c1-11-16-17(18(23)19(24-11)20-25-12(2)26-32-20)22(31)28(21(16)30)10-13-5-7-14(8-6-13)27-9-3-4-15(27)29/h5-8H,3-4,9-10,23H2,1-2H3. The van der Waals surface area contributed by atoms with Gasteiger partial charge in [0.25, 0.3) is 17.7 Å². The predicted octanol–water partition coefficient (Wildman–Crippen LogP) is 2.25. The molecule has 0 unspecified atom stereocenters. The maximum absolute atomic E-state index is 13.2. The number of nitrogens with two attached hydrogens (primary N) is 1. The third-order valence-corrected chi connectivity index (χ3v) is 5.73. The average Bonchev–Trinajstić information content (AvgIpc) is 3.46.